The lowest BCUT2D eigenvalue weighted by atomic mass is 10.1. The first kappa shape index (κ1) is 113. The van der Waals surface area contributed by atoms with E-state index in [0.29, 0.717) is 63.8 Å². The summed E-state index contributed by atoms with van der Waals surface area (Å²) >= 11 is 0. The average Bonchev–Trinajstić information content (AvgIpc) is 0.873. The Kier molecular flexibility index (Phi) is 51.5. The Morgan fingerprint density at radius 3 is 0.839 bits per heavy atom. The summed E-state index contributed by atoms with van der Waals surface area (Å²) in [4.78, 5) is 220. The standard InChI is InChI=1S/C107H129N9O27/c1-107(2,3)143-106(132)109-61-29-28-46-84(110-91(117)55-56-94(120)111-85(100(126)115-89(104(130)141-73-82-42-24-10-25-43-82)51-59-98(124)137-69-78-34-16-6-17-35-78)47-53-92(118)113-87(102(128)139-71-80-38-20-8-21-39-80)49-57-96(122)135-67-76-30-12-4-13-31-76)66-108-62-63-133-64-65-134-75-95(121)112-86(101(127)116-90(105(131)142-74-83-44-26-11-27-45-83)52-60-99(125)138-70-79-36-18-7-19-37-79)48-54-93(119)114-88(103(129)140-72-81-40-22-9-23-41-81)50-58-97(123)136-68-77-32-14-5-15-33-77/h4-27,30-45,84-90,108H,28-29,46-75H2,1-3H3,(H,109,132)(H,110,117)(H,111,120)(H,112,121)(H,113,118)(H,114,119)(H,115,126)(H,116,127). The number of benzene rings is 8. The Bertz CT molecular complexity index is 5270. The van der Waals surface area contributed by atoms with Crippen LogP contribution in [-0.2, 0) is 177 Å². The number of hydrogen-bond donors (Lipinski definition) is 9. The van der Waals surface area contributed by atoms with Crippen molar-refractivity contribution in [1.82, 2.24) is 47.9 Å². The van der Waals surface area contributed by atoms with Gasteiger partial charge in [0.15, 0.2) is 0 Å². The third-order valence-electron chi connectivity index (χ3n) is 21.5. The van der Waals surface area contributed by atoms with Crippen molar-refractivity contribution in [2.24, 2.45) is 0 Å². The van der Waals surface area contributed by atoms with Crippen LogP contribution < -0.4 is 47.9 Å². The predicted molar refractivity (Wildman–Crippen MR) is 521 cm³/mol. The number of esters is 8. The van der Waals surface area contributed by atoms with Gasteiger partial charge in [-0.3, -0.25) is 52.7 Å². The third kappa shape index (κ3) is 49.1. The van der Waals surface area contributed by atoms with E-state index < -0.39 is 188 Å². The van der Waals surface area contributed by atoms with Crippen LogP contribution in [0.5, 0.6) is 0 Å². The Hall–Kier alpha value is -15.0. The van der Waals surface area contributed by atoms with Gasteiger partial charge < -0.3 is 100.0 Å². The highest BCUT2D eigenvalue weighted by atomic mass is 16.6. The smallest absolute Gasteiger partial charge is 0.407 e. The molecule has 143 heavy (non-hydrogen) atoms. The second-order valence-electron chi connectivity index (χ2n) is 34.4. The maximum atomic E-state index is 14.7. The summed E-state index contributed by atoms with van der Waals surface area (Å²) in [5, 5.41) is 24.5. The molecule has 764 valence electrons. The van der Waals surface area contributed by atoms with Gasteiger partial charge in [-0.25, -0.2) is 24.0 Å². The van der Waals surface area contributed by atoms with Crippen molar-refractivity contribution in [3.05, 3.63) is 287 Å². The monoisotopic (exact) mass is 1970 g/mol. The summed E-state index contributed by atoms with van der Waals surface area (Å²) in [6, 6.07) is 60.5. The maximum Gasteiger partial charge on any atom is 0.407 e. The molecule has 0 aliphatic heterocycles. The van der Waals surface area contributed by atoms with E-state index in [9.17, 15) is 76.7 Å². The zero-order valence-electron chi connectivity index (χ0n) is 80.8. The lowest BCUT2D eigenvalue weighted by Gasteiger charge is -2.23. The van der Waals surface area contributed by atoms with Crippen LogP contribution in [0.2, 0.25) is 0 Å². The van der Waals surface area contributed by atoms with Gasteiger partial charge in [-0.05, 0) is 123 Å². The molecule has 36 heteroatoms. The first-order valence-corrected chi connectivity index (χ1v) is 47.6. The zero-order chi connectivity index (χ0) is 102. The average molecular weight is 1970 g/mol. The SMILES string of the molecule is CC(C)(C)OC(=O)NCCCCC(CNCCOCCOCC(=O)NC(CCC(=O)NC(CCC(=O)OCc1ccccc1)C(=O)OCc1ccccc1)C(=O)NC(CCC(=O)OCc1ccccc1)C(=O)OCc1ccccc1)NC(=O)CCC(=O)NC(CCC(=O)NC(CCC(=O)OCc1ccccc1)C(=O)OCc1ccccc1)C(=O)NC(CCC(=O)OCc1ccccc1)C(=O)OCc1ccccc1. The van der Waals surface area contributed by atoms with Gasteiger partial charge in [0.25, 0.3) is 0 Å². The molecule has 8 aromatic rings. The van der Waals surface area contributed by atoms with Gasteiger partial charge in [-0.15, -0.1) is 0 Å². The highest BCUT2D eigenvalue weighted by molar-refractivity contribution is 5.94. The molecule has 0 spiro atoms. The van der Waals surface area contributed by atoms with Gasteiger partial charge in [0, 0.05) is 77.0 Å². The van der Waals surface area contributed by atoms with Crippen molar-refractivity contribution in [3.63, 3.8) is 0 Å². The maximum absolute atomic E-state index is 14.7. The number of hydrogen-bond acceptors (Lipinski definition) is 28. The molecule has 0 fully saturated rings. The minimum atomic E-state index is -1.63. The Balaban J connectivity index is 0.902. The largest absolute Gasteiger partial charge is 0.461 e. The van der Waals surface area contributed by atoms with Crippen LogP contribution in [-0.4, -0.2) is 189 Å². The van der Waals surface area contributed by atoms with Crippen LogP contribution in [0.15, 0.2) is 243 Å². The van der Waals surface area contributed by atoms with Crippen molar-refractivity contribution in [2.45, 2.75) is 231 Å². The zero-order valence-corrected chi connectivity index (χ0v) is 80.8. The molecule has 8 rings (SSSR count). The van der Waals surface area contributed by atoms with Crippen molar-refractivity contribution >= 4 is 95.2 Å². The van der Waals surface area contributed by atoms with Crippen LogP contribution in [0.1, 0.15) is 174 Å². The molecule has 8 aromatic carbocycles. The van der Waals surface area contributed by atoms with Crippen LogP contribution in [0, 0.1) is 0 Å². The molecule has 9 N–H and O–H groups in total. The van der Waals surface area contributed by atoms with E-state index in [1.807, 2.05) is 0 Å². The van der Waals surface area contributed by atoms with E-state index in [1.165, 1.54) is 0 Å². The first-order chi connectivity index (χ1) is 69.1. The summed E-state index contributed by atoms with van der Waals surface area (Å²) in [5.74, 6) is -12.3. The van der Waals surface area contributed by atoms with Crippen LogP contribution >= 0.6 is 0 Å². The van der Waals surface area contributed by atoms with E-state index in [2.05, 4.69) is 47.9 Å². The second-order valence-corrected chi connectivity index (χ2v) is 34.4. The molecule has 7 atom stereocenters. The van der Waals surface area contributed by atoms with Gasteiger partial charge in [0.05, 0.1) is 19.8 Å². The molecule has 0 aromatic heterocycles. The molecular formula is C107H129N9O27. The summed E-state index contributed by atoms with van der Waals surface area (Å²) in [7, 11) is 0. The first-order valence-electron chi connectivity index (χ1n) is 47.6. The molecule has 0 saturated heterocycles. The van der Waals surface area contributed by atoms with Gasteiger partial charge in [-0.1, -0.05) is 243 Å². The molecule has 0 radical (unpaired) electrons. The Morgan fingerprint density at radius 2 is 0.524 bits per heavy atom. The van der Waals surface area contributed by atoms with E-state index >= 15 is 0 Å². The summed E-state index contributed by atoms with van der Waals surface area (Å²) in [6.07, 6.45) is -4.95. The molecule has 7 unspecified atom stereocenters. The molecule has 0 bridgehead atoms. The lowest BCUT2D eigenvalue weighted by molar-refractivity contribution is -0.152. The van der Waals surface area contributed by atoms with Crippen molar-refractivity contribution < 1.29 is 129 Å². The third-order valence-corrected chi connectivity index (χ3v) is 21.5. The number of amides is 8. The second kappa shape index (κ2) is 65.1. The van der Waals surface area contributed by atoms with Crippen LogP contribution in [0.3, 0.4) is 0 Å². The van der Waals surface area contributed by atoms with Crippen LogP contribution in [0.25, 0.3) is 0 Å². The Morgan fingerprint density at radius 1 is 0.259 bits per heavy atom. The van der Waals surface area contributed by atoms with E-state index in [-0.39, 0.29) is 144 Å². The van der Waals surface area contributed by atoms with E-state index in [4.69, 9.17) is 52.1 Å². The fourth-order valence-corrected chi connectivity index (χ4v) is 13.8. The number of carbonyl (C=O) groups is 16. The van der Waals surface area contributed by atoms with E-state index in [1.54, 1.807) is 263 Å². The van der Waals surface area contributed by atoms with Gasteiger partial charge in [-0.2, -0.15) is 0 Å². The lowest BCUT2D eigenvalue weighted by Crippen LogP contribution is -2.53. The van der Waals surface area contributed by atoms with Gasteiger partial charge in [0.1, 0.15) is 101 Å². The summed E-state index contributed by atoms with van der Waals surface area (Å²) in [5.41, 5.74) is 4.52. The number of carbonyl (C=O) groups excluding carboxylic acids is 16. The van der Waals surface area contributed by atoms with E-state index in [0.717, 1.165) is 0 Å². The summed E-state index contributed by atoms with van der Waals surface area (Å²) < 4.78 is 61.2. The predicted octanol–water partition coefficient (Wildman–Crippen LogP) is 10.1. The number of rotatable bonds is 65. The highest BCUT2D eigenvalue weighted by Crippen LogP contribution is 2.19. The molecule has 0 heterocycles. The van der Waals surface area contributed by atoms with Crippen molar-refractivity contribution in [1.29, 1.82) is 0 Å². The fourth-order valence-electron chi connectivity index (χ4n) is 13.8. The molecule has 0 aliphatic rings. The minimum absolute atomic E-state index is 0.0509. The molecule has 36 nitrogen and oxygen atoms in total. The number of unbranched alkanes of at least 4 members (excludes halogenated alkanes) is 1. The quantitative estimate of drug-likeness (QED) is 0.00971. The highest BCUT2D eigenvalue weighted by Gasteiger charge is 2.34. The number of nitrogens with one attached hydrogen (secondary N) is 9. The molecule has 0 saturated carbocycles. The molecular weight excluding hydrogens is 1840 g/mol. The number of alkyl carbamates (subject to hydrolysis) is 1. The normalized spacial score (nSPS) is 12.4. The summed E-state index contributed by atoms with van der Waals surface area (Å²) in [6.45, 7) is 3.81. The van der Waals surface area contributed by atoms with Crippen LogP contribution in [0.4, 0.5) is 4.79 Å². The van der Waals surface area contributed by atoms with Gasteiger partial charge in [0.2, 0.25) is 41.4 Å². The van der Waals surface area contributed by atoms with Crippen molar-refractivity contribution in [2.75, 3.05) is 46.1 Å². The van der Waals surface area contributed by atoms with Crippen molar-refractivity contribution in [3.8, 4) is 0 Å². The topological polar surface area (TPSA) is 483 Å². The Labute approximate surface area is 831 Å². The molecule has 0 aliphatic carbocycles. The fraction of sp³-hybridized carbons (Fsp3) is 0.402. The van der Waals surface area contributed by atoms with Gasteiger partial charge >= 0.3 is 53.8 Å². The number of ether oxygens (including phenoxy) is 11. The minimum Gasteiger partial charge on any atom is -0.461 e. The molecule has 8 amide bonds.